The number of rotatable bonds is 2. The highest BCUT2D eigenvalue weighted by molar-refractivity contribution is 5.87. The van der Waals surface area contributed by atoms with E-state index in [1.54, 1.807) is 24.3 Å². The molecule has 0 aliphatic heterocycles. The molecule has 5 rings (SSSR count). The van der Waals surface area contributed by atoms with Crippen molar-refractivity contribution < 1.29 is 9.90 Å². The Balaban J connectivity index is 1.76. The van der Waals surface area contributed by atoms with Crippen LogP contribution in [0.5, 0.6) is 5.75 Å². The minimum absolute atomic E-state index is 0.0512. The SMILES string of the molecule is C[C@@H]1C(=O)C(C#N)C[C@]2(c3ccccc3)c3nc(-c4ccc(O)cc4)ncc3CC[C@@H]12. The first kappa shape index (κ1) is 19.4. The van der Waals surface area contributed by atoms with Crippen molar-refractivity contribution in [2.45, 2.75) is 31.6 Å². The molecule has 1 heterocycles. The third kappa shape index (κ3) is 2.94. The van der Waals surface area contributed by atoms with Gasteiger partial charge in [0.1, 0.15) is 11.7 Å². The number of phenols is 1. The van der Waals surface area contributed by atoms with E-state index in [2.05, 4.69) is 23.2 Å². The maximum absolute atomic E-state index is 12.9. The average Bonchev–Trinajstić information content (AvgIpc) is 2.82. The van der Waals surface area contributed by atoms with Crippen molar-refractivity contribution in [3.63, 3.8) is 0 Å². The summed E-state index contributed by atoms with van der Waals surface area (Å²) in [5, 5.41) is 19.5. The molecule has 5 heteroatoms. The van der Waals surface area contributed by atoms with E-state index in [-0.39, 0.29) is 23.4 Å². The second-order valence-electron chi connectivity index (χ2n) is 8.67. The van der Waals surface area contributed by atoms with Gasteiger partial charge in [-0.3, -0.25) is 4.79 Å². The van der Waals surface area contributed by atoms with Crippen LogP contribution in [0.15, 0.2) is 60.8 Å². The Morgan fingerprint density at radius 2 is 1.87 bits per heavy atom. The molecule has 2 aliphatic rings. The minimum atomic E-state index is -0.649. The van der Waals surface area contributed by atoms with Gasteiger partial charge in [0.15, 0.2) is 11.6 Å². The monoisotopic (exact) mass is 409 g/mol. The van der Waals surface area contributed by atoms with Crippen molar-refractivity contribution in [2.75, 3.05) is 0 Å². The summed E-state index contributed by atoms with van der Waals surface area (Å²) < 4.78 is 0. The van der Waals surface area contributed by atoms with E-state index in [1.165, 1.54) is 0 Å². The van der Waals surface area contributed by atoms with Gasteiger partial charge in [0.25, 0.3) is 0 Å². The van der Waals surface area contributed by atoms with Crippen LogP contribution in [-0.2, 0) is 16.6 Å². The van der Waals surface area contributed by atoms with Crippen LogP contribution in [0.3, 0.4) is 0 Å². The number of nitrogens with zero attached hydrogens (tertiary/aromatic N) is 3. The number of fused-ring (bicyclic) bond motifs is 3. The Kier molecular flexibility index (Phi) is 4.59. The number of aromatic nitrogens is 2. The van der Waals surface area contributed by atoms with Gasteiger partial charge in [-0.2, -0.15) is 5.26 Å². The van der Waals surface area contributed by atoms with E-state index < -0.39 is 11.3 Å². The lowest BCUT2D eigenvalue weighted by Gasteiger charge is -2.51. The van der Waals surface area contributed by atoms with E-state index in [1.807, 2.05) is 31.3 Å². The molecular formula is C26H23N3O2. The summed E-state index contributed by atoms with van der Waals surface area (Å²) in [6, 6.07) is 19.3. The Bertz CT molecular complexity index is 1180. The summed E-state index contributed by atoms with van der Waals surface area (Å²) in [7, 11) is 0. The van der Waals surface area contributed by atoms with E-state index in [0.29, 0.717) is 12.2 Å². The average molecular weight is 409 g/mol. The molecule has 1 aromatic heterocycles. The number of benzene rings is 2. The largest absolute Gasteiger partial charge is 0.508 e. The van der Waals surface area contributed by atoms with Crippen LogP contribution in [0, 0.1) is 29.1 Å². The fraction of sp³-hybridized carbons (Fsp3) is 0.308. The van der Waals surface area contributed by atoms with Gasteiger partial charge in [0, 0.05) is 23.1 Å². The smallest absolute Gasteiger partial charge is 0.159 e. The van der Waals surface area contributed by atoms with Crippen LogP contribution in [0.1, 0.15) is 36.6 Å². The molecule has 154 valence electrons. The predicted octanol–water partition coefficient (Wildman–Crippen LogP) is 4.45. The lowest BCUT2D eigenvalue weighted by atomic mass is 9.51. The van der Waals surface area contributed by atoms with Crippen LogP contribution in [-0.4, -0.2) is 20.9 Å². The number of ketones is 1. The fourth-order valence-corrected chi connectivity index (χ4v) is 5.64. The summed E-state index contributed by atoms with van der Waals surface area (Å²) in [5.41, 5.74) is 3.45. The van der Waals surface area contributed by atoms with Crippen molar-refractivity contribution in [2.24, 2.45) is 17.8 Å². The highest BCUT2D eigenvalue weighted by atomic mass is 16.3. The zero-order valence-electron chi connectivity index (χ0n) is 17.3. The number of hydrogen-bond donors (Lipinski definition) is 1. The quantitative estimate of drug-likeness (QED) is 0.676. The highest BCUT2D eigenvalue weighted by Gasteiger charge is 2.56. The van der Waals surface area contributed by atoms with Gasteiger partial charge < -0.3 is 5.11 Å². The molecule has 4 atom stereocenters. The van der Waals surface area contributed by atoms with Crippen LogP contribution < -0.4 is 0 Å². The maximum atomic E-state index is 12.9. The number of nitriles is 1. The number of carbonyl (C=O) groups excluding carboxylic acids is 1. The van der Waals surface area contributed by atoms with Crippen molar-refractivity contribution in [3.8, 4) is 23.2 Å². The molecule has 0 bridgehead atoms. The molecule has 0 radical (unpaired) electrons. The van der Waals surface area contributed by atoms with Gasteiger partial charge in [-0.15, -0.1) is 0 Å². The Morgan fingerprint density at radius 1 is 1.13 bits per heavy atom. The van der Waals surface area contributed by atoms with Crippen molar-refractivity contribution in [1.82, 2.24) is 9.97 Å². The number of hydrogen-bond acceptors (Lipinski definition) is 5. The molecule has 5 nitrogen and oxygen atoms in total. The highest BCUT2D eigenvalue weighted by Crippen LogP contribution is 2.55. The standard InChI is InChI=1S/C26H23N3O2/c1-16-22-12-9-18-15-28-25(17-7-10-21(30)11-8-17)29-24(18)26(22,13-19(14-27)23(16)31)20-5-3-2-4-6-20/h2-8,10-11,15-16,19,22,30H,9,12-13H2,1H3/t16-,19?,22-,26+/m0/s1. The summed E-state index contributed by atoms with van der Waals surface area (Å²) in [4.78, 5) is 22.6. The molecule has 1 fully saturated rings. The third-order valence-electron chi connectivity index (χ3n) is 7.14. The predicted molar refractivity (Wildman–Crippen MR) is 116 cm³/mol. The summed E-state index contributed by atoms with van der Waals surface area (Å²) in [6.07, 6.45) is 4.03. The molecule has 1 N–H and O–H groups in total. The van der Waals surface area contributed by atoms with Crippen LogP contribution >= 0.6 is 0 Å². The lowest BCUT2D eigenvalue weighted by Crippen LogP contribution is -2.53. The van der Waals surface area contributed by atoms with Gasteiger partial charge in [-0.05, 0) is 60.6 Å². The van der Waals surface area contributed by atoms with Gasteiger partial charge >= 0.3 is 0 Å². The Labute approximate surface area is 181 Å². The molecule has 2 aromatic carbocycles. The number of carbonyl (C=O) groups is 1. The minimum Gasteiger partial charge on any atom is -0.508 e. The molecule has 1 saturated carbocycles. The first-order chi connectivity index (χ1) is 15.0. The normalized spacial score (nSPS) is 27.1. The first-order valence-corrected chi connectivity index (χ1v) is 10.7. The summed E-state index contributed by atoms with van der Waals surface area (Å²) in [6.45, 7) is 1.97. The Hall–Kier alpha value is -3.52. The van der Waals surface area contributed by atoms with E-state index in [4.69, 9.17) is 4.98 Å². The third-order valence-corrected chi connectivity index (χ3v) is 7.14. The molecule has 2 aliphatic carbocycles. The van der Waals surface area contributed by atoms with E-state index in [9.17, 15) is 15.2 Å². The topological polar surface area (TPSA) is 86.9 Å². The van der Waals surface area contributed by atoms with E-state index in [0.717, 1.165) is 35.2 Å². The van der Waals surface area contributed by atoms with Crippen LogP contribution in [0.4, 0.5) is 0 Å². The van der Waals surface area contributed by atoms with Crippen molar-refractivity contribution in [3.05, 3.63) is 77.6 Å². The zero-order valence-corrected chi connectivity index (χ0v) is 17.3. The summed E-state index contributed by atoms with van der Waals surface area (Å²) >= 11 is 0. The van der Waals surface area contributed by atoms with Gasteiger partial charge in [0.2, 0.25) is 0 Å². The van der Waals surface area contributed by atoms with Crippen molar-refractivity contribution >= 4 is 5.78 Å². The summed E-state index contributed by atoms with van der Waals surface area (Å²) in [5.74, 6) is 0.0625. The fourth-order valence-electron chi connectivity index (χ4n) is 5.64. The molecule has 0 saturated heterocycles. The zero-order chi connectivity index (χ0) is 21.6. The van der Waals surface area contributed by atoms with Crippen molar-refractivity contribution in [1.29, 1.82) is 5.26 Å². The molecule has 1 unspecified atom stereocenters. The first-order valence-electron chi connectivity index (χ1n) is 10.7. The van der Waals surface area contributed by atoms with Crippen LogP contribution in [0.25, 0.3) is 11.4 Å². The lowest BCUT2D eigenvalue weighted by molar-refractivity contribution is -0.131. The molecular weight excluding hydrogens is 386 g/mol. The van der Waals surface area contributed by atoms with Gasteiger partial charge in [-0.1, -0.05) is 37.3 Å². The number of Topliss-reactive ketones (excluding diaryl/α,β-unsaturated/α-hetero) is 1. The van der Waals surface area contributed by atoms with Crippen LogP contribution in [0.2, 0.25) is 0 Å². The van der Waals surface area contributed by atoms with Gasteiger partial charge in [-0.25, -0.2) is 9.97 Å². The van der Waals surface area contributed by atoms with E-state index >= 15 is 0 Å². The Morgan fingerprint density at radius 3 is 2.58 bits per heavy atom. The molecule has 0 amide bonds. The number of aromatic hydroxyl groups is 1. The molecule has 31 heavy (non-hydrogen) atoms. The maximum Gasteiger partial charge on any atom is 0.159 e. The number of phenolic OH excluding ortho intramolecular Hbond substituents is 1. The van der Waals surface area contributed by atoms with Gasteiger partial charge in [0.05, 0.1) is 11.8 Å². The molecule has 0 spiro atoms. The molecule has 3 aromatic rings. The second-order valence-corrected chi connectivity index (χ2v) is 8.67. The second kappa shape index (κ2) is 7.31. The number of aryl methyl sites for hydroxylation is 1.